The standard InChI is InChI=1S/C25H32BrF3N4O3/c1-22(2,35)18(27)14-30-21(34)33(17-6-4-5-16(26)13-17)15-24-7-10-25(11-8-24,12-9-24)19-31-20(36-32-19)23(3,28)29/h4-6,13,18,35H,7-12,14-15H2,1-3H3,(H,30,34). The molecule has 0 radical (unpaired) electrons. The van der Waals surface area contributed by atoms with Crippen LogP contribution in [0.15, 0.2) is 33.3 Å². The Morgan fingerprint density at radius 1 is 1.22 bits per heavy atom. The van der Waals surface area contributed by atoms with E-state index < -0.39 is 35.0 Å². The van der Waals surface area contributed by atoms with Crippen molar-refractivity contribution in [1.82, 2.24) is 15.5 Å². The second-order valence-electron chi connectivity index (χ2n) is 11.0. The molecule has 1 heterocycles. The van der Waals surface area contributed by atoms with E-state index in [9.17, 15) is 23.1 Å². The van der Waals surface area contributed by atoms with Crippen molar-refractivity contribution in [3.05, 3.63) is 40.5 Å². The van der Waals surface area contributed by atoms with Gasteiger partial charge in [-0.3, -0.25) is 4.90 Å². The average molecular weight is 573 g/mol. The van der Waals surface area contributed by atoms with Gasteiger partial charge in [0.05, 0.1) is 12.1 Å². The number of fused-ring (bicyclic) bond motifs is 3. The summed E-state index contributed by atoms with van der Waals surface area (Å²) in [6.07, 6.45) is 2.82. The van der Waals surface area contributed by atoms with Gasteiger partial charge in [-0.25, -0.2) is 9.18 Å². The van der Waals surface area contributed by atoms with E-state index in [4.69, 9.17) is 4.52 Å². The monoisotopic (exact) mass is 572 g/mol. The van der Waals surface area contributed by atoms with Crippen LogP contribution < -0.4 is 10.2 Å². The summed E-state index contributed by atoms with van der Waals surface area (Å²) >= 11 is 3.45. The number of anilines is 1. The number of halogens is 4. The van der Waals surface area contributed by atoms with E-state index in [1.807, 2.05) is 24.3 Å². The van der Waals surface area contributed by atoms with E-state index in [1.54, 1.807) is 4.90 Å². The molecule has 1 aromatic carbocycles. The fraction of sp³-hybridized carbons (Fsp3) is 0.640. The summed E-state index contributed by atoms with van der Waals surface area (Å²) in [6, 6.07) is 6.91. The lowest BCUT2D eigenvalue weighted by atomic mass is 9.53. The van der Waals surface area contributed by atoms with Crippen molar-refractivity contribution in [1.29, 1.82) is 0 Å². The number of amides is 2. The summed E-state index contributed by atoms with van der Waals surface area (Å²) in [5, 5.41) is 16.4. The van der Waals surface area contributed by atoms with E-state index >= 15 is 0 Å². The molecule has 0 saturated heterocycles. The van der Waals surface area contributed by atoms with Gasteiger partial charge < -0.3 is 14.9 Å². The minimum absolute atomic E-state index is 0.173. The number of rotatable bonds is 8. The zero-order valence-electron chi connectivity index (χ0n) is 20.7. The number of hydrogen-bond acceptors (Lipinski definition) is 5. The molecule has 5 rings (SSSR count). The zero-order chi connectivity index (χ0) is 26.4. The quantitative estimate of drug-likeness (QED) is 0.413. The van der Waals surface area contributed by atoms with Gasteiger partial charge in [0.2, 0.25) is 0 Å². The number of aliphatic hydroxyl groups is 1. The Morgan fingerprint density at radius 3 is 2.39 bits per heavy atom. The van der Waals surface area contributed by atoms with Crippen LogP contribution in [0.25, 0.3) is 0 Å². The van der Waals surface area contributed by atoms with E-state index in [0.29, 0.717) is 37.3 Å². The van der Waals surface area contributed by atoms with Crippen molar-refractivity contribution < 1.29 is 27.6 Å². The lowest BCUT2D eigenvalue weighted by Gasteiger charge is -2.53. The molecule has 198 valence electrons. The van der Waals surface area contributed by atoms with Crippen molar-refractivity contribution in [3.63, 3.8) is 0 Å². The minimum Gasteiger partial charge on any atom is -0.387 e. The van der Waals surface area contributed by atoms with Gasteiger partial charge >= 0.3 is 12.0 Å². The Kier molecular flexibility index (Phi) is 7.20. The molecular formula is C25H32BrF3N4O3. The number of urea groups is 1. The molecule has 1 aromatic heterocycles. The number of nitrogens with zero attached hydrogens (tertiary/aromatic N) is 3. The largest absolute Gasteiger partial charge is 0.387 e. The molecule has 2 aromatic rings. The molecule has 0 spiro atoms. The maximum atomic E-state index is 14.3. The van der Waals surface area contributed by atoms with Crippen LogP contribution in [0.3, 0.4) is 0 Å². The molecular weight excluding hydrogens is 541 g/mol. The number of carbonyl (C=O) groups is 1. The average Bonchev–Trinajstić information content (AvgIpc) is 3.33. The molecule has 11 heteroatoms. The maximum Gasteiger partial charge on any atom is 0.322 e. The van der Waals surface area contributed by atoms with Crippen LogP contribution in [0.2, 0.25) is 0 Å². The highest BCUT2D eigenvalue weighted by Gasteiger charge is 2.53. The normalized spacial score (nSPS) is 25.0. The highest BCUT2D eigenvalue weighted by molar-refractivity contribution is 9.10. The lowest BCUT2D eigenvalue weighted by molar-refractivity contribution is -0.0158. The molecule has 3 saturated carbocycles. The maximum absolute atomic E-state index is 14.3. The van der Waals surface area contributed by atoms with Crippen molar-refractivity contribution >= 4 is 27.6 Å². The topological polar surface area (TPSA) is 91.5 Å². The van der Waals surface area contributed by atoms with Gasteiger partial charge in [0, 0.05) is 29.0 Å². The lowest BCUT2D eigenvalue weighted by Crippen LogP contribution is -2.53. The van der Waals surface area contributed by atoms with Crippen LogP contribution in [0.5, 0.6) is 0 Å². The molecule has 36 heavy (non-hydrogen) atoms. The van der Waals surface area contributed by atoms with Crippen molar-refractivity contribution in [2.75, 3.05) is 18.0 Å². The SMILES string of the molecule is CC(F)(F)c1nc(C23CCC(CN(C(=O)NCC(F)C(C)(C)O)c4cccc(Br)c4)(CC2)CC3)no1. The molecule has 3 fully saturated rings. The smallest absolute Gasteiger partial charge is 0.322 e. The van der Waals surface area contributed by atoms with E-state index in [-0.39, 0.29) is 12.0 Å². The Bertz CT molecular complexity index is 1070. The number of aromatic nitrogens is 2. The number of carbonyl (C=O) groups excluding carboxylic acids is 1. The van der Waals surface area contributed by atoms with Crippen LogP contribution in [-0.2, 0) is 11.3 Å². The third kappa shape index (κ3) is 5.56. The van der Waals surface area contributed by atoms with Crippen LogP contribution >= 0.6 is 15.9 Å². The van der Waals surface area contributed by atoms with Crippen molar-refractivity contribution in [2.24, 2.45) is 5.41 Å². The highest BCUT2D eigenvalue weighted by atomic mass is 79.9. The van der Waals surface area contributed by atoms with Gasteiger partial charge in [-0.1, -0.05) is 27.2 Å². The summed E-state index contributed by atoms with van der Waals surface area (Å²) in [6.45, 7) is 3.57. The number of benzene rings is 1. The van der Waals surface area contributed by atoms with Crippen LogP contribution in [0.4, 0.5) is 23.7 Å². The van der Waals surface area contributed by atoms with Crippen LogP contribution in [0.1, 0.15) is 71.0 Å². The van der Waals surface area contributed by atoms with Gasteiger partial charge in [-0.2, -0.15) is 13.8 Å². The summed E-state index contributed by atoms with van der Waals surface area (Å²) < 4.78 is 47.3. The molecule has 3 aliphatic rings. The number of hydrogen-bond donors (Lipinski definition) is 2. The third-order valence-electron chi connectivity index (χ3n) is 7.74. The number of alkyl halides is 3. The first kappa shape index (κ1) is 26.9. The first-order valence-corrected chi connectivity index (χ1v) is 12.9. The molecule has 1 unspecified atom stereocenters. The van der Waals surface area contributed by atoms with Crippen LogP contribution in [0, 0.1) is 5.41 Å². The second kappa shape index (κ2) is 9.63. The number of nitrogens with one attached hydrogen (secondary N) is 1. The summed E-state index contributed by atoms with van der Waals surface area (Å²) in [7, 11) is 0. The van der Waals surface area contributed by atoms with E-state index in [2.05, 4.69) is 31.4 Å². The first-order valence-electron chi connectivity index (χ1n) is 12.1. The fourth-order valence-electron chi connectivity index (χ4n) is 5.23. The van der Waals surface area contributed by atoms with Gasteiger partial charge in [0.1, 0.15) is 6.17 Å². The zero-order valence-corrected chi connectivity index (χ0v) is 22.2. The Hall–Kier alpha value is -2.14. The molecule has 2 bridgehead atoms. The Morgan fingerprint density at radius 2 is 1.86 bits per heavy atom. The Labute approximate surface area is 216 Å². The van der Waals surface area contributed by atoms with Crippen LogP contribution in [-0.4, -0.2) is 46.1 Å². The predicted molar refractivity (Wildman–Crippen MR) is 132 cm³/mol. The summed E-state index contributed by atoms with van der Waals surface area (Å²) in [4.78, 5) is 18.9. The van der Waals surface area contributed by atoms with Gasteiger partial charge in [0.15, 0.2) is 5.82 Å². The van der Waals surface area contributed by atoms with Crippen molar-refractivity contribution in [2.45, 2.75) is 82.4 Å². The molecule has 0 aliphatic heterocycles. The second-order valence-corrected chi connectivity index (χ2v) is 11.9. The third-order valence-corrected chi connectivity index (χ3v) is 8.23. The van der Waals surface area contributed by atoms with E-state index in [1.165, 1.54) is 13.8 Å². The molecule has 1 atom stereocenters. The summed E-state index contributed by atoms with van der Waals surface area (Å²) in [5.74, 6) is -3.50. The van der Waals surface area contributed by atoms with Gasteiger partial charge in [0.25, 0.3) is 5.89 Å². The molecule has 2 N–H and O–H groups in total. The highest BCUT2D eigenvalue weighted by Crippen LogP contribution is 2.57. The van der Waals surface area contributed by atoms with Crippen molar-refractivity contribution in [3.8, 4) is 0 Å². The minimum atomic E-state index is -3.18. The molecule has 2 amide bonds. The fourth-order valence-corrected chi connectivity index (χ4v) is 5.62. The summed E-state index contributed by atoms with van der Waals surface area (Å²) in [5.41, 5.74) is -1.47. The van der Waals surface area contributed by atoms with Gasteiger partial charge in [-0.15, -0.1) is 0 Å². The van der Waals surface area contributed by atoms with Gasteiger partial charge in [-0.05, 0) is 76.0 Å². The predicted octanol–water partition coefficient (Wildman–Crippen LogP) is 5.86. The molecule has 3 aliphatic carbocycles. The van der Waals surface area contributed by atoms with E-state index in [0.717, 1.165) is 30.7 Å². The Balaban J connectivity index is 1.50. The molecule has 7 nitrogen and oxygen atoms in total. The first-order chi connectivity index (χ1) is 16.7.